The molecule has 0 spiro atoms. The number of ether oxygens (including phenoxy) is 1. The highest BCUT2D eigenvalue weighted by molar-refractivity contribution is 14.1. The van der Waals surface area contributed by atoms with E-state index in [9.17, 15) is 9.90 Å². The van der Waals surface area contributed by atoms with E-state index in [1.165, 1.54) is 0 Å². The van der Waals surface area contributed by atoms with Gasteiger partial charge in [-0.1, -0.05) is 30.3 Å². The van der Waals surface area contributed by atoms with E-state index in [-0.39, 0.29) is 11.7 Å². The lowest BCUT2D eigenvalue weighted by Crippen LogP contribution is -2.10. The van der Waals surface area contributed by atoms with Crippen LogP contribution in [-0.2, 0) is 0 Å². The monoisotopic (exact) mass is 542 g/mol. The predicted octanol–water partition coefficient (Wildman–Crippen LogP) is 5.49. The summed E-state index contributed by atoms with van der Waals surface area (Å²) in [6.45, 7) is 0. The number of hydrogen-bond acceptors (Lipinski definition) is 3. The highest BCUT2D eigenvalue weighted by Crippen LogP contribution is 2.34. The van der Waals surface area contributed by atoms with Gasteiger partial charge in [0.1, 0.15) is 5.75 Å². The molecule has 0 saturated heterocycles. The zero-order chi connectivity index (χ0) is 17.1. The Morgan fingerprint density at radius 3 is 2.00 bits per heavy atom. The first-order valence-electron chi connectivity index (χ1n) is 7.10. The lowest BCUT2D eigenvalue weighted by atomic mass is 10.1. The molecule has 120 valence electrons. The van der Waals surface area contributed by atoms with Gasteiger partial charge in [-0.3, -0.25) is 0 Å². The van der Waals surface area contributed by atoms with Gasteiger partial charge < -0.3 is 9.84 Å². The SMILES string of the molecule is O=C(Oc1c(I)cc(-c2ccc(O)cc2)cc1I)c1ccccc1. The molecule has 0 unspecified atom stereocenters. The Kier molecular flexibility index (Phi) is 5.40. The molecule has 5 heteroatoms. The Morgan fingerprint density at radius 2 is 1.42 bits per heavy atom. The number of benzene rings is 3. The number of aromatic hydroxyl groups is 1. The zero-order valence-corrected chi connectivity index (χ0v) is 16.7. The molecule has 0 saturated carbocycles. The van der Waals surface area contributed by atoms with Gasteiger partial charge in [0.2, 0.25) is 0 Å². The zero-order valence-electron chi connectivity index (χ0n) is 12.4. The van der Waals surface area contributed by atoms with E-state index in [0.29, 0.717) is 11.3 Å². The molecule has 0 amide bonds. The van der Waals surface area contributed by atoms with E-state index < -0.39 is 0 Å². The first-order valence-corrected chi connectivity index (χ1v) is 9.26. The third-order valence-corrected chi connectivity index (χ3v) is 5.01. The average Bonchev–Trinajstić information content (AvgIpc) is 2.59. The van der Waals surface area contributed by atoms with Gasteiger partial charge in [0.15, 0.2) is 5.75 Å². The summed E-state index contributed by atoms with van der Waals surface area (Å²) in [5.74, 6) is 0.424. The molecule has 0 bridgehead atoms. The summed E-state index contributed by atoms with van der Waals surface area (Å²) in [5.41, 5.74) is 2.51. The van der Waals surface area contributed by atoms with Gasteiger partial charge in [-0.15, -0.1) is 0 Å². The topological polar surface area (TPSA) is 46.5 Å². The molecule has 0 aliphatic carbocycles. The Labute approximate surface area is 167 Å². The quantitative estimate of drug-likeness (QED) is 0.271. The molecule has 0 atom stereocenters. The molecular weight excluding hydrogens is 530 g/mol. The highest BCUT2D eigenvalue weighted by atomic mass is 127. The van der Waals surface area contributed by atoms with Gasteiger partial charge in [0, 0.05) is 0 Å². The van der Waals surface area contributed by atoms with E-state index in [2.05, 4.69) is 45.2 Å². The second-order valence-electron chi connectivity index (χ2n) is 5.07. The van der Waals surface area contributed by atoms with Crippen molar-refractivity contribution in [2.75, 3.05) is 0 Å². The summed E-state index contributed by atoms with van der Waals surface area (Å²) in [6.07, 6.45) is 0. The minimum absolute atomic E-state index is 0.233. The van der Waals surface area contributed by atoms with Crippen molar-refractivity contribution in [3.05, 3.63) is 79.4 Å². The maximum absolute atomic E-state index is 12.3. The highest BCUT2D eigenvalue weighted by Gasteiger charge is 2.15. The van der Waals surface area contributed by atoms with Crippen LogP contribution in [0.2, 0.25) is 0 Å². The van der Waals surface area contributed by atoms with Crippen molar-refractivity contribution in [2.24, 2.45) is 0 Å². The molecule has 3 rings (SSSR count). The van der Waals surface area contributed by atoms with Crippen molar-refractivity contribution in [2.45, 2.75) is 0 Å². The Balaban J connectivity index is 1.90. The predicted molar refractivity (Wildman–Crippen MR) is 110 cm³/mol. The molecule has 1 N–H and O–H groups in total. The summed E-state index contributed by atoms with van der Waals surface area (Å²) in [4.78, 5) is 12.3. The summed E-state index contributed by atoms with van der Waals surface area (Å²) < 4.78 is 7.29. The summed E-state index contributed by atoms with van der Waals surface area (Å²) >= 11 is 4.33. The standard InChI is InChI=1S/C19H12I2O3/c20-16-10-14(12-6-8-15(22)9-7-12)11-17(21)18(16)24-19(23)13-4-2-1-3-5-13/h1-11,22H. The van der Waals surface area contributed by atoms with Crippen molar-refractivity contribution in [3.63, 3.8) is 0 Å². The first kappa shape index (κ1) is 17.2. The lowest BCUT2D eigenvalue weighted by Gasteiger charge is -2.11. The van der Waals surface area contributed by atoms with Crippen molar-refractivity contribution in [1.29, 1.82) is 0 Å². The molecule has 24 heavy (non-hydrogen) atoms. The van der Waals surface area contributed by atoms with E-state index in [1.807, 2.05) is 30.3 Å². The van der Waals surface area contributed by atoms with Crippen LogP contribution in [0.1, 0.15) is 10.4 Å². The Hall–Kier alpha value is -1.61. The normalized spacial score (nSPS) is 10.4. The molecule has 0 fully saturated rings. The van der Waals surface area contributed by atoms with Crippen LogP contribution in [0.15, 0.2) is 66.7 Å². The smallest absolute Gasteiger partial charge is 0.343 e. The van der Waals surface area contributed by atoms with Crippen molar-refractivity contribution in [1.82, 2.24) is 0 Å². The third-order valence-electron chi connectivity index (χ3n) is 3.40. The average molecular weight is 542 g/mol. The number of halogens is 2. The fourth-order valence-corrected chi connectivity index (χ4v) is 4.19. The maximum Gasteiger partial charge on any atom is 0.343 e. The van der Waals surface area contributed by atoms with Crippen molar-refractivity contribution in [3.8, 4) is 22.6 Å². The van der Waals surface area contributed by atoms with Crippen LogP contribution in [0.4, 0.5) is 0 Å². The number of esters is 1. The molecule has 3 aromatic rings. The summed E-state index contributed by atoms with van der Waals surface area (Å²) in [7, 11) is 0. The van der Waals surface area contributed by atoms with Crippen LogP contribution in [-0.4, -0.2) is 11.1 Å². The molecule has 0 aliphatic rings. The fourth-order valence-electron chi connectivity index (χ4n) is 2.20. The molecule has 0 heterocycles. The van der Waals surface area contributed by atoms with Crippen LogP contribution in [0.5, 0.6) is 11.5 Å². The number of hydrogen-bond donors (Lipinski definition) is 1. The second kappa shape index (κ2) is 7.52. The minimum Gasteiger partial charge on any atom is -0.508 e. The van der Waals surface area contributed by atoms with Gasteiger partial charge in [-0.25, -0.2) is 4.79 Å². The van der Waals surface area contributed by atoms with Crippen LogP contribution in [0.3, 0.4) is 0 Å². The number of phenols is 1. The van der Waals surface area contributed by atoms with Crippen LogP contribution >= 0.6 is 45.2 Å². The molecule has 3 aromatic carbocycles. The first-order chi connectivity index (χ1) is 11.5. The van der Waals surface area contributed by atoms with Gasteiger partial charge >= 0.3 is 5.97 Å². The lowest BCUT2D eigenvalue weighted by molar-refractivity contribution is 0.0732. The van der Waals surface area contributed by atoms with Crippen molar-refractivity contribution < 1.29 is 14.6 Å². The van der Waals surface area contributed by atoms with Gasteiger partial charge in [-0.05, 0) is 92.7 Å². The third kappa shape index (κ3) is 3.89. The maximum atomic E-state index is 12.3. The summed E-state index contributed by atoms with van der Waals surface area (Å²) in [6, 6.07) is 19.9. The van der Waals surface area contributed by atoms with Crippen LogP contribution in [0, 0.1) is 7.14 Å². The Bertz CT molecular complexity index is 852. The molecule has 3 nitrogen and oxygen atoms in total. The fraction of sp³-hybridized carbons (Fsp3) is 0. The van der Waals surface area contributed by atoms with Crippen LogP contribution in [0.25, 0.3) is 11.1 Å². The molecular formula is C19H12I2O3. The van der Waals surface area contributed by atoms with Gasteiger partial charge in [0.25, 0.3) is 0 Å². The molecule has 0 aliphatic heterocycles. The second-order valence-corrected chi connectivity index (χ2v) is 7.40. The van der Waals surface area contributed by atoms with E-state index in [1.54, 1.807) is 36.4 Å². The minimum atomic E-state index is -0.371. The van der Waals surface area contributed by atoms with Crippen molar-refractivity contribution >= 4 is 51.2 Å². The van der Waals surface area contributed by atoms with E-state index in [4.69, 9.17) is 4.74 Å². The summed E-state index contributed by atoms with van der Waals surface area (Å²) in [5, 5.41) is 9.40. The molecule has 0 aromatic heterocycles. The van der Waals surface area contributed by atoms with E-state index in [0.717, 1.165) is 18.3 Å². The van der Waals surface area contributed by atoms with Gasteiger partial charge in [-0.2, -0.15) is 0 Å². The number of phenolic OH excluding ortho intramolecular Hbond substituents is 1. The largest absolute Gasteiger partial charge is 0.508 e. The van der Waals surface area contributed by atoms with Crippen LogP contribution < -0.4 is 4.74 Å². The Morgan fingerprint density at radius 1 is 0.833 bits per heavy atom. The number of rotatable bonds is 3. The number of carbonyl (C=O) groups is 1. The number of carbonyl (C=O) groups excluding carboxylic acids is 1. The van der Waals surface area contributed by atoms with Gasteiger partial charge in [0.05, 0.1) is 12.7 Å². The van der Waals surface area contributed by atoms with E-state index >= 15 is 0 Å². The molecule has 0 radical (unpaired) electrons.